The molecule has 0 spiro atoms. The van der Waals surface area contributed by atoms with Crippen LogP contribution in [-0.2, 0) is 27.2 Å². The normalized spacial score (nSPS) is 17.7. The van der Waals surface area contributed by atoms with Gasteiger partial charge in [-0.15, -0.1) is 0 Å². The highest BCUT2D eigenvalue weighted by Gasteiger charge is 2.30. The number of carbonyl (C=O) groups is 3. The molecule has 186 valence electrons. The Hall–Kier alpha value is -3.68. The average Bonchev–Trinajstić information content (AvgIpc) is 3.17. The third kappa shape index (κ3) is 7.67. The summed E-state index contributed by atoms with van der Waals surface area (Å²) in [5, 5.41) is 15.1. The van der Waals surface area contributed by atoms with Crippen LogP contribution in [0.15, 0.2) is 65.8 Å². The van der Waals surface area contributed by atoms with E-state index in [1.807, 2.05) is 72.7 Å². The molecule has 2 aromatic rings. The lowest BCUT2D eigenvalue weighted by Crippen LogP contribution is -2.55. The minimum atomic E-state index is -0.787. The second kappa shape index (κ2) is 12.1. The standard InChI is InChI=1S/C27H35N5O3/c1-18-15-24(31-32(18)4)23(16-21-11-7-5-8-12-21)30-26(34)19(2)28-27(35)25(29-20(3)33)17-22-13-9-6-10-14-22/h5-14,18-19,23,25H,15-17H2,1-4H3,(H,28,35)(H,29,33)(H,30,34)/t18?,19-,23-,25-/m0/s1. The lowest BCUT2D eigenvalue weighted by molar-refractivity contribution is -0.131. The molecule has 0 aliphatic carbocycles. The van der Waals surface area contributed by atoms with Gasteiger partial charge in [-0.05, 0) is 31.4 Å². The van der Waals surface area contributed by atoms with Crippen molar-refractivity contribution in [3.05, 3.63) is 71.8 Å². The first kappa shape index (κ1) is 25.9. The molecular formula is C27H35N5O3. The lowest BCUT2D eigenvalue weighted by atomic mass is 9.98. The first-order valence-corrected chi connectivity index (χ1v) is 12.0. The Bertz CT molecular complexity index is 1040. The number of hydrogen-bond donors (Lipinski definition) is 3. The molecule has 1 unspecified atom stereocenters. The summed E-state index contributed by atoms with van der Waals surface area (Å²) >= 11 is 0. The Morgan fingerprint density at radius 1 is 0.914 bits per heavy atom. The van der Waals surface area contributed by atoms with Gasteiger partial charge in [0.15, 0.2) is 0 Å². The minimum Gasteiger partial charge on any atom is -0.346 e. The molecule has 0 saturated heterocycles. The summed E-state index contributed by atoms with van der Waals surface area (Å²) in [4.78, 5) is 37.8. The molecule has 3 N–H and O–H groups in total. The molecule has 3 amide bonds. The molecule has 3 rings (SSSR count). The van der Waals surface area contributed by atoms with Crippen LogP contribution in [0, 0.1) is 0 Å². The lowest BCUT2D eigenvalue weighted by Gasteiger charge is -2.24. The summed E-state index contributed by atoms with van der Waals surface area (Å²) in [7, 11) is 1.93. The molecular weight excluding hydrogens is 442 g/mol. The maximum atomic E-state index is 13.1. The zero-order valence-corrected chi connectivity index (χ0v) is 20.8. The number of rotatable bonds is 10. The van der Waals surface area contributed by atoms with Gasteiger partial charge in [0.25, 0.3) is 0 Å². The van der Waals surface area contributed by atoms with Gasteiger partial charge in [-0.2, -0.15) is 5.10 Å². The molecule has 1 heterocycles. The second-order valence-corrected chi connectivity index (χ2v) is 9.14. The van der Waals surface area contributed by atoms with E-state index in [9.17, 15) is 14.4 Å². The van der Waals surface area contributed by atoms with Gasteiger partial charge in [0.2, 0.25) is 17.7 Å². The van der Waals surface area contributed by atoms with Crippen LogP contribution in [0.2, 0.25) is 0 Å². The number of hydrazone groups is 1. The zero-order chi connectivity index (χ0) is 25.4. The number of amides is 3. The fourth-order valence-corrected chi connectivity index (χ4v) is 4.07. The molecule has 8 nitrogen and oxygen atoms in total. The topological polar surface area (TPSA) is 103 Å². The Labute approximate surface area is 207 Å². The number of nitrogens with one attached hydrogen (secondary N) is 3. The van der Waals surface area contributed by atoms with Crippen molar-refractivity contribution >= 4 is 23.4 Å². The van der Waals surface area contributed by atoms with Crippen molar-refractivity contribution in [1.82, 2.24) is 21.0 Å². The van der Waals surface area contributed by atoms with E-state index in [-0.39, 0.29) is 23.9 Å². The van der Waals surface area contributed by atoms with Crippen molar-refractivity contribution in [2.75, 3.05) is 7.05 Å². The second-order valence-electron chi connectivity index (χ2n) is 9.14. The average molecular weight is 478 g/mol. The zero-order valence-electron chi connectivity index (χ0n) is 20.8. The van der Waals surface area contributed by atoms with Gasteiger partial charge in [0.05, 0.1) is 11.8 Å². The Morgan fingerprint density at radius 2 is 1.49 bits per heavy atom. The van der Waals surface area contributed by atoms with Gasteiger partial charge in [-0.3, -0.25) is 19.4 Å². The summed E-state index contributed by atoms with van der Waals surface area (Å²) in [6.07, 6.45) is 1.70. The Kier molecular flexibility index (Phi) is 9.00. The van der Waals surface area contributed by atoms with Gasteiger partial charge in [0, 0.05) is 32.9 Å². The SMILES string of the molecule is CC(=O)N[C@@H](Cc1ccccc1)C(=O)N[C@@H](C)C(=O)N[C@@H](Cc1ccccc1)C1=NN(C)C(C)C1. The van der Waals surface area contributed by atoms with Crippen LogP contribution in [0.5, 0.6) is 0 Å². The fourth-order valence-electron chi connectivity index (χ4n) is 4.07. The number of hydrogen-bond acceptors (Lipinski definition) is 5. The predicted octanol–water partition coefficient (Wildman–Crippen LogP) is 2.05. The molecule has 4 atom stereocenters. The number of carbonyl (C=O) groups excluding carboxylic acids is 3. The Balaban J connectivity index is 1.67. The van der Waals surface area contributed by atoms with Crippen LogP contribution in [-0.4, -0.2) is 59.7 Å². The predicted molar refractivity (Wildman–Crippen MR) is 137 cm³/mol. The molecule has 0 bridgehead atoms. The fraction of sp³-hybridized carbons (Fsp3) is 0.407. The molecule has 8 heteroatoms. The van der Waals surface area contributed by atoms with Crippen LogP contribution < -0.4 is 16.0 Å². The van der Waals surface area contributed by atoms with Gasteiger partial charge in [-0.1, -0.05) is 60.7 Å². The van der Waals surface area contributed by atoms with Crippen molar-refractivity contribution in [2.45, 2.75) is 64.2 Å². The van der Waals surface area contributed by atoms with Crippen LogP contribution in [0.4, 0.5) is 0 Å². The molecule has 35 heavy (non-hydrogen) atoms. The summed E-state index contributed by atoms with van der Waals surface area (Å²) in [5.41, 5.74) is 2.92. The van der Waals surface area contributed by atoms with E-state index in [2.05, 4.69) is 28.0 Å². The smallest absolute Gasteiger partial charge is 0.243 e. The van der Waals surface area contributed by atoms with E-state index in [0.717, 1.165) is 23.3 Å². The van der Waals surface area contributed by atoms with Crippen LogP contribution in [0.1, 0.15) is 38.3 Å². The highest BCUT2D eigenvalue weighted by atomic mass is 16.2. The number of benzene rings is 2. The van der Waals surface area contributed by atoms with Crippen molar-refractivity contribution in [3.63, 3.8) is 0 Å². The van der Waals surface area contributed by atoms with Gasteiger partial charge < -0.3 is 16.0 Å². The quantitative estimate of drug-likeness (QED) is 0.487. The summed E-state index contributed by atoms with van der Waals surface area (Å²) in [6.45, 7) is 5.11. The van der Waals surface area contributed by atoms with Crippen LogP contribution >= 0.6 is 0 Å². The van der Waals surface area contributed by atoms with E-state index in [4.69, 9.17) is 0 Å². The summed E-state index contributed by atoms with van der Waals surface area (Å²) in [6, 6.07) is 17.8. The maximum Gasteiger partial charge on any atom is 0.243 e. The highest BCUT2D eigenvalue weighted by molar-refractivity contribution is 5.97. The molecule has 0 saturated carbocycles. The third-order valence-corrected chi connectivity index (χ3v) is 6.16. The van der Waals surface area contributed by atoms with Gasteiger partial charge in [0.1, 0.15) is 12.1 Å². The summed E-state index contributed by atoms with van der Waals surface area (Å²) in [5.74, 6) is -1.01. The van der Waals surface area contributed by atoms with E-state index in [1.165, 1.54) is 6.92 Å². The van der Waals surface area contributed by atoms with Crippen LogP contribution in [0.25, 0.3) is 0 Å². The van der Waals surface area contributed by atoms with Crippen LogP contribution in [0.3, 0.4) is 0 Å². The van der Waals surface area contributed by atoms with Crippen molar-refractivity contribution in [2.24, 2.45) is 5.10 Å². The minimum absolute atomic E-state index is 0.258. The molecule has 1 aliphatic heterocycles. The van der Waals surface area contributed by atoms with Crippen molar-refractivity contribution < 1.29 is 14.4 Å². The first-order chi connectivity index (χ1) is 16.7. The van der Waals surface area contributed by atoms with E-state index in [1.54, 1.807) is 6.92 Å². The third-order valence-electron chi connectivity index (χ3n) is 6.16. The Morgan fingerprint density at radius 3 is 2.00 bits per heavy atom. The summed E-state index contributed by atoms with van der Waals surface area (Å²) < 4.78 is 0. The molecule has 0 aromatic heterocycles. The van der Waals surface area contributed by atoms with Gasteiger partial charge >= 0.3 is 0 Å². The molecule has 0 radical (unpaired) electrons. The van der Waals surface area contributed by atoms with E-state index < -0.39 is 18.0 Å². The largest absolute Gasteiger partial charge is 0.346 e. The van der Waals surface area contributed by atoms with E-state index >= 15 is 0 Å². The van der Waals surface area contributed by atoms with Crippen molar-refractivity contribution in [3.8, 4) is 0 Å². The maximum absolute atomic E-state index is 13.1. The molecule has 1 aliphatic rings. The van der Waals surface area contributed by atoms with Crippen molar-refractivity contribution in [1.29, 1.82) is 0 Å². The monoisotopic (exact) mass is 477 g/mol. The highest BCUT2D eigenvalue weighted by Crippen LogP contribution is 2.17. The molecule has 0 fully saturated rings. The molecule has 2 aromatic carbocycles. The van der Waals surface area contributed by atoms with Gasteiger partial charge in [-0.25, -0.2) is 0 Å². The van der Waals surface area contributed by atoms with E-state index in [0.29, 0.717) is 12.8 Å². The first-order valence-electron chi connectivity index (χ1n) is 12.0. The number of nitrogens with zero attached hydrogens (tertiary/aromatic N) is 2.